The molecule has 0 spiro atoms. The molecule has 0 aliphatic heterocycles. The fraction of sp³-hybridized carbons (Fsp3) is 0.800. The van der Waals surface area contributed by atoms with E-state index in [1.807, 2.05) is 0 Å². The molecular weight excluding hydrogens is 176 g/mol. The lowest BCUT2D eigenvalue weighted by molar-refractivity contribution is 1.17. The van der Waals surface area contributed by atoms with Crippen LogP contribution < -0.4 is 0 Å². The summed E-state index contributed by atoms with van der Waals surface area (Å²) in [4.78, 5) is 0. The van der Waals surface area contributed by atoms with Crippen LogP contribution >= 0.6 is 0 Å². The lowest BCUT2D eigenvalue weighted by atomic mass is 10.5. The molecule has 0 saturated carbocycles. The Balaban J connectivity index is 4.34. The van der Waals surface area contributed by atoms with E-state index in [1.165, 1.54) is 0 Å². The molecule has 0 aromatic rings. The van der Waals surface area contributed by atoms with Gasteiger partial charge in [-0.2, -0.15) is 0 Å². The van der Waals surface area contributed by atoms with Gasteiger partial charge in [-0.25, -0.2) is 0 Å². The fourth-order valence-corrected chi connectivity index (χ4v) is 1.84. The molecule has 70 valence electrons. The summed E-state index contributed by atoms with van der Waals surface area (Å²) in [6.07, 6.45) is 0. The smallest absolute Gasteiger partial charge is 0.129 e. The molecule has 0 aliphatic rings. The van der Waals surface area contributed by atoms with Gasteiger partial charge < -0.3 is 0 Å². The summed E-state index contributed by atoms with van der Waals surface area (Å²) >= 11 is 0. The fourth-order valence-electron chi connectivity index (χ4n) is 0.541. The van der Waals surface area contributed by atoms with Crippen molar-refractivity contribution in [2.45, 2.75) is 51.7 Å². The minimum absolute atomic E-state index is 0.643. The molecule has 1 atom stereocenters. The first kappa shape index (κ1) is 12.0. The summed E-state index contributed by atoms with van der Waals surface area (Å²) < 4.78 is 0. The number of hydrogen-bond acceptors (Lipinski definition) is 0. The van der Waals surface area contributed by atoms with E-state index in [-0.39, 0.29) is 0 Å². The third-order valence-corrected chi connectivity index (χ3v) is 5.60. The molecule has 0 fully saturated rings. The Bertz CT molecular complexity index is 195. The quantitative estimate of drug-likeness (QED) is 0.446. The Morgan fingerprint density at radius 1 is 0.917 bits per heavy atom. The van der Waals surface area contributed by atoms with Crippen molar-refractivity contribution in [2.75, 3.05) is 0 Å². The zero-order valence-corrected chi connectivity index (χ0v) is 11.6. The van der Waals surface area contributed by atoms with Gasteiger partial charge in [0.05, 0.1) is 8.07 Å². The molecule has 0 nitrogen and oxygen atoms in total. The second-order valence-electron chi connectivity index (χ2n) is 5.61. The van der Waals surface area contributed by atoms with E-state index in [4.69, 9.17) is 0 Å². The van der Waals surface area contributed by atoms with Crippen molar-refractivity contribution in [1.29, 1.82) is 0 Å². The monoisotopic (exact) mass is 198 g/mol. The summed E-state index contributed by atoms with van der Waals surface area (Å²) in [5, 5.41) is 0. The molecule has 0 radical (unpaired) electrons. The molecule has 2 heteroatoms. The van der Waals surface area contributed by atoms with Crippen LogP contribution in [0.1, 0.15) is 6.92 Å². The number of rotatable bonds is 1. The van der Waals surface area contributed by atoms with Crippen LogP contribution in [0.5, 0.6) is 0 Å². The van der Waals surface area contributed by atoms with E-state index in [9.17, 15) is 0 Å². The molecule has 0 saturated heterocycles. The topological polar surface area (TPSA) is 0 Å². The maximum Gasteiger partial charge on any atom is 0.129 e. The minimum atomic E-state index is -1.14. The predicted molar refractivity (Wildman–Crippen MR) is 63.9 cm³/mol. The first-order valence-corrected chi connectivity index (χ1v) is 11.7. The highest BCUT2D eigenvalue weighted by Crippen LogP contribution is 2.19. The van der Waals surface area contributed by atoms with Crippen molar-refractivity contribution in [2.24, 2.45) is 0 Å². The molecule has 0 aromatic carbocycles. The van der Waals surface area contributed by atoms with Gasteiger partial charge in [-0.05, 0) is 0 Å². The Labute approximate surface area is 79.8 Å². The van der Waals surface area contributed by atoms with Crippen molar-refractivity contribution < 1.29 is 0 Å². The molecule has 0 unspecified atom stereocenters. The molecule has 0 amide bonds. The highest BCUT2D eigenvalue weighted by molar-refractivity contribution is 6.84. The summed E-state index contributed by atoms with van der Waals surface area (Å²) in [5.41, 5.74) is 4.09. The first-order valence-electron chi connectivity index (χ1n) is 4.65. The van der Waals surface area contributed by atoms with Crippen LogP contribution in [0, 0.1) is 11.5 Å². The summed E-state index contributed by atoms with van der Waals surface area (Å²) in [5.74, 6) is 3.44. The van der Waals surface area contributed by atoms with Gasteiger partial charge in [0.2, 0.25) is 0 Å². The standard InChI is InChI=1S/C10H22Si2/c1-10(12(5,6)7)8-9-11(2,3)4/h10H,1-7H3/t10-/m1/s1. The van der Waals surface area contributed by atoms with Crippen LogP contribution in [0.25, 0.3) is 0 Å². The first-order chi connectivity index (χ1) is 5.13. The average molecular weight is 198 g/mol. The largest absolute Gasteiger partial charge is 0.132 e. The molecule has 0 aliphatic carbocycles. The Kier molecular flexibility index (Phi) is 3.80. The van der Waals surface area contributed by atoms with Crippen LogP contribution in [-0.4, -0.2) is 16.1 Å². The van der Waals surface area contributed by atoms with Crippen molar-refractivity contribution in [1.82, 2.24) is 0 Å². The third kappa shape index (κ3) is 5.62. The highest BCUT2D eigenvalue weighted by atomic mass is 28.3. The van der Waals surface area contributed by atoms with Gasteiger partial charge in [-0.1, -0.05) is 46.2 Å². The van der Waals surface area contributed by atoms with E-state index < -0.39 is 16.1 Å². The second kappa shape index (κ2) is 3.80. The molecule has 0 rings (SSSR count). The van der Waals surface area contributed by atoms with Gasteiger partial charge in [0.1, 0.15) is 8.07 Å². The van der Waals surface area contributed by atoms with Crippen molar-refractivity contribution in [3.8, 4) is 11.5 Å². The Hall–Kier alpha value is -0.00623. The summed E-state index contributed by atoms with van der Waals surface area (Å²) in [6, 6.07) is 0. The zero-order chi connectivity index (χ0) is 9.99. The van der Waals surface area contributed by atoms with E-state index in [0.29, 0.717) is 5.54 Å². The van der Waals surface area contributed by atoms with Crippen LogP contribution in [0.15, 0.2) is 0 Å². The molecule has 12 heavy (non-hydrogen) atoms. The third-order valence-electron chi connectivity index (χ3n) is 1.96. The zero-order valence-electron chi connectivity index (χ0n) is 9.58. The van der Waals surface area contributed by atoms with Crippen molar-refractivity contribution in [3.63, 3.8) is 0 Å². The molecular formula is C10H22Si2. The van der Waals surface area contributed by atoms with E-state index in [2.05, 4.69) is 57.7 Å². The van der Waals surface area contributed by atoms with E-state index >= 15 is 0 Å². The summed E-state index contributed by atoms with van der Waals surface area (Å²) in [7, 11) is -2.15. The second-order valence-corrected chi connectivity index (χ2v) is 16.0. The predicted octanol–water partition coefficient (Wildman–Crippen LogP) is 3.60. The van der Waals surface area contributed by atoms with Gasteiger partial charge in [0, 0.05) is 5.54 Å². The Morgan fingerprint density at radius 3 is 1.58 bits per heavy atom. The lowest BCUT2D eigenvalue weighted by Crippen LogP contribution is -2.26. The van der Waals surface area contributed by atoms with E-state index in [1.54, 1.807) is 0 Å². The molecule has 0 aromatic heterocycles. The SMILES string of the molecule is C[C@H](C#C[Si](C)(C)C)[Si](C)(C)C. The normalized spacial score (nSPS) is 14.9. The average Bonchev–Trinajstić information content (AvgIpc) is 1.78. The maximum atomic E-state index is 3.45. The molecule has 0 N–H and O–H groups in total. The van der Waals surface area contributed by atoms with Crippen molar-refractivity contribution >= 4 is 16.1 Å². The van der Waals surface area contributed by atoms with Gasteiger partial charge >= 0.3 is 0 Å². The van der Waals surface area contributed by atoms with Gasteiger partial charge in [-0.15, -0.1) is 11.5 Å². The highest BCUT2D eigenvalue weighted by Gasteiger charge is 2.20. The Morgan fingerprint density at radius 2 is 1.33 bits per heavy atom. The van der Waals surface area contributed by atoms with Gasteiger partial charge in [0.25, 0.3) is 0 Å². The maximum absolute atomic E-state index is 3.45. The van der Waals surface area contributed by atoms with Crippen LogP contribution in [0.4, 0.5) is 0 Å². The van der Waals surface area contributed by atoms with E-state index in [0.717, 1.165) is 0 Å². The summed E-state index contributed by atoms with van der Waals surface area (Å²) in [6.45, 7) is 16.3. The van der Waals surface area contributed by atoms with Gasteiger partial charge in [-0.3, -0.25) is 0 Å². The van der Waals surface area contributed by atoms with Crippen LogP contribution in [-0.2, 0) is 0 Å². The van der Waals surface area contributed by atoms with Crippen LogP contribution in [0.2, 0.25) is 44.8 Å². The van der Waals surface area contributed by atoms with Crippen molar-refractivity contribution in [3.05, 3.63) is 0 Å². The molecule has 0 heterocycles. The van der Waals surface area contributed by atoms with Gasteiger partial charge in [0.15, 0.2) is 0 Å². The number of hydrogen-bond donors (Lipinski definition) is 0. The lowest BCUT2D eigenvalue weighted by Gasteiger charge is -2.20. The molecule has 0 bridgehead atoms. The van der Waals surface area contributed by atoms with Crippen LogP contribution in [0.3, 0.4) is 0 Å². The minimum Gasteiger partial charge on any atom is -0.132 e.